The molecule has 3 aromatic rings. The molecule has 0 bridgehead atoms. The van der Waals surface area contributed by atoms with Gasteiger partial charge in [0.1, 0.15) is 11.8 Å². The third-order valence-electron chi connectivity index (χ3n) is 6.51. The van der Waals surface area contributed by atoms with Crippen LogP contribution in [0.25, 0.3) is 0 Å². The van der Waals surface area contributed by atoms with Gasteiger partial charge >= 0.3 is 5.97 Å². The van der Waals surface area contributed by atoms with Gasteiger partial charge in [0.2, 0.25) is 5.91 Å². The van der Waals surface area contributed by atoms with E-state index in [9.17, 15) is 14.4 Å². The number of benzene rings is 3. The van der Waals surface area contributed by atoms with Crippen molar-refractivity contribution in [2.24, 2.45) is 0 Å². The van der Waals surface area contributed by atoms with E-state index in [-0.39, 0.29) is 36.5 Å². The zero-order valence-corrected chi connectivity index (χ0v) is 24.0. The first-order chi connectivity index (χ1) is 19.8. The molecule has 0 radical (unpaired) electrons. The zero-order chi connectivity index (χ0) is 29.5. The molecule has 1 atom stereocenters. The summed E-state index contributed by atoms with van der Waals surface area (Å²) in [5.41, 5.74) is 2.20. The van der Waals surface area contributed by atoms with Crippen LogP contribution < -0.4 is 24.4 Å². The number of esters is 1. The van der Waals surface area contributed by atoms with Gasteiger partial charge in [0.15, 0.2) is 16.6 Å². The van der Waals surface area contributed by atoms with Gasteiger partial charge in [-0.15, -0.1) is 0 Å². The number of thiocarbonyl (C=S) groups is 1. The summed E-state index contributed by atoms with van der Waals surface area (Å²) < 4.78 is 21.0. The van der Waals surface area contributed by atoms with Crippen LogP contribution in [0.5, 0.6) is 17.2 Å². The fourth-order valence-corrected chi connectivity index (χ4v) is 4.84. The van der Waals surface area contributed by atoms with Crippen molar-refractivity contribution in [3.63, 3.8) is 0 Å². The molecule has 1 aliphatic heterocycles. The van der Waals surface area contributed by atoms with Crippen LogP contribution >= 0.6 is 12.2 Å². The maximum absolute atomic E-state index is 13.8. The third kappa shape index (κ3) is 6.58. The predicted molar refractivity (Wildman–Crippen MR) is 158 cm³/mol. The van der Waals surface area contributed by atoms with Crippen LogP contribution in [-0.2, 0) is 20.9 Å². The number of carbonyl (C=O) groups is 3. The van der Waals surface area contributed by atoms with Gasteiger partial charge in [-0.05, 0) is 85.4 Å². The van der Waals surface area contributed by atoms with Crippen LogP contribution in [0.15, 0.2) is 66.7 Å². The lowest BCUT2D eigenvalue weighted by Gasteiger charge is -2.24. The molecule has 0 aliphatic carbocycles. The number of hydrogen-bond acceptors (Lipinski definition) is 8. The summed E-state index contributed by atoms with van der Waals surface area (Å²) in [6, 6.07) is 17.9. The van der Waals surface area contributed by atoms with Crippen LogP contribution in [-0.4, -0.2) is 61.8 Å². The Morgan fingerprint density at radius 2 is 1.59 bits per heavy atom. The highest BCUT2D eigenvalue weighted by Crippen LogP contribution is 2.32. The first-order valence-corrected chi connectivity index (χ1v) is 13.3. The first-order valence-electron chi connectivity index (χ1n) is 12.9. The molecule has 1 saturated heterocycles. The molecule has 1 N–H and O–H groups in total. The molecule has 0 spiro atoms. The predicted octanol–water partition coefficient (Wildman–Crippen LogP) is 4.42. The Kier molecular flexibility index (Phi) is 9.41. The second-order valence-electron chi connectivity index (χ2n) is 9.04. The van der Waals surface area contributed by atoms with Crippen LogP contribution in [0.2, 0.25) is 0 Å². The van der Waals surface area contributed by atoms with E-state index in [2.05, 4.69) is 5.32 Å². The number of nitrogens with one attached hydrogen (secondary N) is 1. The minimum atomic E-state index is -0.876. The molecule has 0 unspecified atom stereocenters. The van der Waals surface area contributed by atoms with E-state index in [1.54, 1.807) is 93.8 Å². The average Bonchev–Trinajstić information content (AvgIpc) is 3.21. The van der Waals surface area contributed by atoms with Gasteiger partial charge in [-0.2, -0.15) is 0 Å². The lowest BCUT2D eigenvalue weighted by atomic mass is 10.1. The summed E-state index contributed by atoms with van der Waals surface area (Å²) >= 11 is 5.78. The van der Waals surface area contributed by atoms with Crippen molar-refractivity contribution in [3.05, 3.63) is 77.9 Å². The van der Waals surface area contributed by atoms with Gasteiger partial charge in [0, 0.05) is 12.2 Å². The van der Waals surface area contributed by atoms with E-state index < -0.39 is 12.0 Å². The van der Waals surface area contributed by atoms with Crippen LogP contribution in [0.4, 0.5) is 11.4 Å². The summed E-state index contributed by atoms with van der Waals surface area (Å²) in [7, 11) is 4.65. The highest BCUT2D eigenvalue weighted by Gasteiger charge is 2.44. The van der Waals surface area contributed by atoms with Crippen molar-refractivity contribution < 1.29 is 33.3 Å². The number of nitrogens with zero attached hydrogens (tertiary/aromatic N) is 2. The second-order valence-corrected chi connectivity index (χ2v) is 9.40. The number of methoxy groups -OCH3 is 3. The van der Waals surface area contributed by atoms with Crippen molar-refractivity contribution in [3.8, 4) is 17.2 Å². The Hall–Kier alpha value is -4.64. The number of hydrogen-bond donors (Lipinski definition) is 1. The van der Waals surface area contributed by atoms with Crippen molar-refractivity contribution >= 4 is 46.5 Å². The SMILES string of the molecule is CCOC(=O)c1ccc(N2C(=O)[C@H](CC(=O)Nc3ccc(OC)cc3)N(Cc3ccc(OC)c(OC)c3)C2=S)cc1. The number of ether oxygens (including phenoxy) is 4. The molecule has 0 aromatic heterocycles. The standard InChI is InChI=1S/C30H31N3O7S/c1-5-40-29(36)20-7-11-22(12-8-20)33-28(35)24(17-27(34)31-21-9-13-23(37-2)14-10-21)32(30(33)41)18-19-6-15-25(38-3)26(16-19)39-4/h6-16,24H,5,17-18H2,1-4H3,(H,31,34)/t24-/m0/s1. The van der Waals surface area contributed by atoms with Crippen molar-refractivity contribution in [1.29, 1.82) is 0 Å². The minimum Gasteiger partial charge on any atom is -0.497 e. The molecule has 10 nitrogen and oxygen atoms in total. The summed E-state index contributed by atoms with van der Waals surface area (Å²) in [6.45, 7) is 2.22. The maximum atomic E-state index is 13.8. The van der Waals surface area contributed by atoms with E-state index >= 15 is 0 Å². The molecule has 1 aliphatic rings. The molecular weight excluding hydrogens is 546 g/mol. The van der Waals surface area contributed by atoms with Crippen LogP contribution in [0, 0.1) is 0 Å². The van der Waals surface area contributed by atoms with Crippen molar-refractivity contribution in [2.45, 2.75) is 25.9 Å². The van der Waals surface area contributed by atoms with Gasteiger partial charge in [0.05, 0.1) is 45.6 Å². The third-order valence-corrected chi connectivity index (χ3v) is 6.93. The van der Waals surface area contributed by atoms with Gasteiger partial charge < -0.3 is 29.2 Å². The number of anilines is 2. The molecule has 1 fully saturated rings. The highest BCUT2D eigenvalue weighted by atomic mass is 32.1. The quantitative estimate of drug-likeness (QED) is 0.262. The number of rotatable bonds is 11. The molecular formula is C30H31N3O7S. The largest absolute Gasteiger partial charge is 0.497 e. The van der Waals surface area contributed by atoms with E-state index in [4.69, 9.17) is 31.2 Å². The Bertz CT molecular complexity index is 1430. The van der Waals surface area contributed by atoms with E-state index in [0.29, 0.717) is 34.2 Å². The maximum Gasteiger partial charge on any atom is 0.338 e. The van der Waals surface area contributed by atoms with Gasteiger partial charge in [-0.25, -0.2) is 4.79 Å². The van der Waals surface area contributed by atoms with Crippen LogP contribution in [0.1, 0.15) is 29.3 Å². The molecule has 4 rings (SSSR count). The lowest BCUT2D eigenvalue weighted by molar-refractivity contribution is -0.124. The van der Waals surface area contributed by atoms with E-state index in [1.165, 1.54) is 4.90 Å². The van der Waals surface area contributed by atoms with Gasteiger partial charge in [-0.3, -0.25) is 14.5 Å². The van der Waals surface area contributed by atoms with Crippen molar-refractivity contribution in [2.75, 3.05) is 38.2 Å². The molecule has 0 saturated carbocycles. The normalized spacial score (nSPS) is 14.6. The lowest BCUT2D eigenvalue weighted by Crippen LogP contribution is -2.37. The average molecular weight is 578 g/mol. The Morgan fingerprint density at radius 1 is 0.902 bits per heavy atom. The van der Waals surface area contributed by atoms with Crippen LogP contribution in [0.3, 0.4) is 0 Å². The molecule has 1 heterocycles. The fraction of sp³-hybridized carbons (Fsp3) is 0.267. The van der Waals surface area contributed by atoms with Gasteiger partial charge in [0.25, 0.3) is 5.91 Å². The molecule has 214 valence electrons. The van der Waals surface area contributed by atoms with Gasteiger partial charge in [-0.1, -0.05) is 6.07 Å². The molecule has 2 amide bonds. The summed E-state index contributed by atoms with van der Waals surface area (Å²) in [6.07, 6.45) is -0.143. The van der Waals surface area contributed by atoms with E-state index in [1.807, 2.05) is 6.07 Å². The Labute approximate surface area is 243 Å². The van der Waals surface area contributed by atoms with E-state index in [0.717, 1.165) is 5.56 Å². The molecule has 11 heteroatoms. The smallest absolute Gasteiger partial charge is 0.338 e. The molecule has 3 aromatic carbocycles. The second kappa shape index (κ2) is 13.1. The number of carbonyl (C=O) groups excluding carboxylic acids is 3. The Morgan fingerprint density at radius 3 is 2.20 bits per heavy atom. The first kappa shape index (κ1) is 29.3. The monoisotopic (exact) mass is 577 g/mol. The zero-order valence-electron chi connectivity index (χ0n) is 23.2. The Balaban J connectivity index is 1.61. The molecule has 41 heavy (non-hydrogen) atoms. The fourth-order valence-electron chi connectivity index (χ4n) is 4.45. The van der Waals surface area contributed by atoms with Crippen molar-refractivity contribution in [1.82, 2.24) is 4.90 Å². The summed E-state index contributed by atoms with van der Waals surface area (Å²) in [4.78, 5) is 42.1. The summed E-state index contributed by atoms with van der Waals surface area (Å²) in [5, 5.41) is 3.07. The minimum absolute atomic E-state index is 0.143. The topological polar surface area (TPSA) is 107 Å². The summed E-state index contributed by atoms with van der Waals surface area (Å²) in [5.74, 6) is 0.580. The number of amides is 2. The highest BCUT2D eigenvalue weighted by molar-refractivity contribution is 7.80.